The van der Waals surface area contributed by atoms with Crippen molar-refractivity contribution in [3.8, 4) is 11.1 Å². The number of aliphatic imine (C=N–C) groups is 1. The van der Waals surface area contributed by atoms with E-state index in [1.54, 1.807) is 7.11 Å². The fourth-order valence-corrected chi connectivity index (χ4v) is 3.69. The van der Waals surface area contributed by atoms with E-state index in [2.05, 4.69) is 85.7 Å². The summed E-state index contributed by atoms with van der Waals surface area (Å²) in [6.07, 6.45) is 6.67. The van der Waals surface area contributed by atoms with E-state index >= 15 is 0 Å². The second-order valence-corrected chi connectivity index (χ2v) is 8.09. The number of hydrogen-bond acceptors (Lipinski definition) is 4. The molecule has 176 valence electrons. The fraction of sp³-hybridized carbons (Fsp3) is 0.385. The number of benzene rings is 2. The van der Waals surface area contributed by atoms with E-state index in [4.69, 9.17) is 4.74 Å². The first-order valence-electron chi connectivity index (χ1n) is 11.4. The van der Waals surface area contributed by atoms with Crippen molar-refractivity contribution < 1.29 is 4.74 Å². The van der Waals surface area contributed by atoms with Crippen LogP contribution in [0.4, 0.5) is 0 Å². The van der Waals surface area contributed by atoms with Crippen LogP contribution >= 0.6 is 0 Å². The van der Waals surface area contributed by atoms with E-state index in [1.807, 2.05) is 25.8 Å². The van der Waals surface area contributed by atoms with Gasteiger partial charge in [0.2, 0.25) is 0 Å². The first kappa shape index (κ1) is 24.5. The van der Waals surface area contributed by atoms with Crippen LogP contribution < -0.4 is 10.6 Å². The number of ether oxygens (including phenoxy) is 1. The molecule has 0 aliphatic carbocycles. The summed E-state index contributed by atoms with van der Waals surface area (Å²) < 4.78 is 7.19. The normalized spacial score (nSPS) is 11.7. The van der Waals surface area contributed by atoms with Gasteiger partial charge in [0, 0.05) is 65.9 Å². The number of hydrogen-bond donors (Lipinski definition) is 2. The van der Waals surface area contributed by atoms with Gasteiger partial charge in [0.25, 0.3) is 0 Å². The highest BCUT2D eigenvalue weighted by molar-refractivity contribution is 5.80. The van der Waals surface area contributed by atoms with Gasteiger partial charge in [0.05, 0.1) is 6.33 Å². The lowest BCUT2D eigenvalue weighted by Gasteiger charge is -2.18. The van der Waals surface area contributed by atoms with E-state index in [0.29, 0.717) is 6.54 Å². The van der Waals surface area contributed by atoms with Crippen LogP contribution in [0.5, 0.6) is 0 Å². The molecule has 0 amide bonds. The molecule has 7 heteroatoms. The predicted octanol–water partition coefficient (Wildman–Crippen LogP) is 3.23. The van der Waals surface area contributed by atoms with Crippen LogP contribution in [0, 0.1) is 0 Å². The summed E-state index contributed by atoms with van der Waals surface area (Å²) in [5.74, 6) is 0.811. The second kappa shape index (κ2) is 13.4. The molecule has 7 nitrogen and oxygen atoms in total. The van der Waals surface area contributed by atoms with Crippen molar-refractivity contribution in [1.82, 2.24) is 25.1 Å². The maximum absolute atomic E-state index is 5.12. The number of methoxy groups -OCH3 is 1. The van der Waals surface area contributed by atoms with Crippen LogP contribution in [-0.4, -0.2) is 67.9 Å². The number of rotatable bonds is 12. The van der Waals surface area contributed by atoms with Gasteiger partial charge in [-0.1, -0.05) is 48.5 Å². The minimum atomic E-state index is 0.705. The van der Waals surface area contributed by atoms with Crippen LogP contribution in [-0.2, 0) is 17.8 Å². The Balaban J connectivity index is 1.53. The Bertz CT molecular complexity index is 969. The minimum absolute atomic E-state index is 0.705. The van der Waals surface area contributed by atoms with Gasteiger partial charge in [-0.05, 0) is 35.7 Å². The summed E-state index contributed by atoms with van der Waals surface area (Å²) in [5.41, 5.74) is 4.93. The number of likely N-dealkylation sites (N-methyl/N-ethyl adjacent to an activating group) is 1. The summed E-state index contributed by atoms with van der Waals surface area (Å²) in [5, 5.41) is 6.86. The van der Waals surface area contributed by atoms with Crippen LogP contribution in [0.15, 0.2) is 72.2 Å². The molecular formula is C26H36N6O. The van der Waals surface area contributed by atoms with Gasteiger partial charge in [0.1, 0.15) is 0 Å². The largest absolute Gasteiger partial charge is 0.385 e. The standard InChI is InChI=1S/C26H36N6O/c1-27-26(29-14-16-31(2)15-6-18-33-3)30-19-24-7-4-5-8-25(24)23-11-9-22(10-12-23)20-32-17-13-28-21-32/h4-5,7-13,17,21H,6,14-16,18-20H2,1-3H3,(H2,27,29,30). The molecule has 1 aromatic heterocycles. The first-order chi connectivity index (χ1) is 16.2. The predicted molar refractivity (Wildman–Crippen MR) is 135 cm³/mol. The summed E-state index contributed by atoms with van der Waals surface area (Å²) in [7, 11) is 5.68. The minimum Gasteiger partial charge on any atom is -0.385 e. The molecule has 0 fully saturated rings. The topological polar surface area (TPSA) is 66.7 Å². The molecule has 0 bridgehead atoms. The zero-order chi connectivity index (χ0) is 23.3. The highest BCUT2D eigenvalue weighted by Gasteiger charge is 2.07. The Morgan fingerprint density at radius 2 is 1.91 bits per heavy atom. The molecule has 3 rings (SSSR count). The van der Waals surface area contributed by atoms with E-state index in [-0.39, 0.29) is 0 Å². The SMILES string of the molecule is CN=C(NCCN(C)CCCOC)NCc1ccccc1-c1ccc(Cn2ccnc2)cc1. The van der Waals surface area contributed by atoms with Gasteiger partial charge in [-0.15, -0.1) is 0 Å². The molecule has 2 N–H and O–H groups in total. The Kier molecular flexibility index (Phi) is 9.94. The van der Waals surface area contributed by atoms with Gasteiger partial charge < -0.3 is 24.8 Å². The van der Waals surface area contributed by atoms with Crippen molar-refractivity contribution in [3.05, 3.63) is 78.4 Å². The lowest BCUT2D eigenvalue weighted by atomic mass is 9.98. The Morgan fingerprint density at radius 1 is 1.09 bits per heavy atom. The molecule has 3 aromatic rings. The highest BCUT2D eigenvalue weighted by atomic mass is 16.5. The van der Waals surface area contributed by atoms with Crippen LogP contribution in [0.2, 0.25) is 0 Å². The lowest BCUT2D eigenvalue weighted by Crippen LogP contribution is -2.40. The van der Waals surface area contributed by atoms with Crippen molar-refractivity contribution in [2.24, 2.45) is 4.99 Å². The maximum Gasteiger partial charge on any atom is 0.191 e. The number of guanidine groups is 1. The summed E-state index contributed by atoms with van der Waals surface area (Å²) in [6.45, 7) is 5.14. The monoisotopic (exact) mass is 448 g/mol. The van der Waals surface area contributed by atoms with Gasteiger partial charge in [-0.3, -0.25) is 4.99 Å². The van der Waals surface area contributed by atoms with Crippen LogP contribution in [0.3, 0.4) is 0 Å². The Hall–Kier alpha value is -3.16. The molecule has 0 radical (unpaired) electrons. The molecule has 0 spiro atoms. The van der Waals surface area contributed by atoms with Crippen molar-refractivity contribution in [3.63, 3.8) is 0 Å². The average Bonchev–Trinajstić information content (AvgIpc) is 3.35. The maximum atomic E-state index is 5.12. The molecule has 33 heavy (non-hydrogen) atoms. The van der Waals surface area contributed by atoms with Crippen molar-refractivity contribution in [2.75, 3.05) is 47.4 Å². The summed E-state index contributed by atoms with van der Waals surface area (Å²) in [6, 6.07) is 17.3. The highest BCUT2D eigenvalue weighted by Crippen LogP contribution is 2.24. The van der Waals surface area contributed by atoms with Crippen LogP contribution in [0.25, 0.3) is 11.1 Å². The van der Waals surface area contributed by atoms with Crippen LogP contribution in [0.1, 0.15) is 17.5 Å². The zero-order valence-corrected chi connectivity index (χ0v) is 20.0. The van der Waals surface area contributed by atoms with Gasteiger partial charge in [-0.2, -0.15) is 0 Å². The van der Waals surface area contributed by atoms with Gasteiger partial charge in [-0.25, -0.2) is 4.98 Å². The third-order valence-electron chi connectivity index (χ3n) is 5.55. The van der Waals surface area contributed by atoms with Crippen molar-refractivity contribution >= 4 is 5.96 Å². The summed E-state index contributed by atoms with van der Waals surface area (Å²) in [4.78, 5) is 10.8. The molecule has 0 unspecified atom stereocenters. The zero-order valence-electron chi connectivity index (χ0n) is 20.0. The molecule has 0 saturated carbocycles. The molecule has 0 aliphatic heterocycles. The number of nitrogens with zero attached hydrogens (tertiary/aromatic N) is 4. The van der Waals surface area contributed by atoms with E-state index in [0.717, 1.165) is 45.2 Å². The average molecular weight is 449 g/mol. The molecule has 1 heterocycles. The molecule has 2 aromatic carbocycles. The smallest absolute Gasteiger partial charge is 0.191 e. The third-order valence-corrected chi connectivity index (χ3v) is 5.55. The van der Waals surface area contributed by atoms with Crippen molar-refractivity contribution in [1.29, 1.82) is 0 Å². The number of nitrogens with one attached hydrogen (secondary N) is 2. The van der Waals surface area contributed by atoms with E-state index < -0.39 is 0 Å². The van der Waals surface area contributed by atoms with E-state index in [9.17, 15) is 0 Å². The molecule has 0 atom stereocenters. The van der Waals surface area contributed by atoms with Gasteiger partial charge >= 0.3 is 0 Å². The fourth-order valence-electron chi connectivity index (χ4n) is 3.69. The van der Waals surface area contributed by atoms with Crippen molar-refractivity contribution in [2.45, 2.75) is 19.5 Å². The summed E-state index contributed by atoms with van der Waals surface area (Å²) >= 11 is 0. The number of aromatic nitrogens is 2. The first-order valence-corrected chi connectivity index (χ1v) is 11.4. The quantitative estimate of drug-likeness (QED) is 0.253. The number of imidazole rings is 1. The van der Waals surface area contributed by atoms with Gasteiger partial charge in [0.15, 0.2) is 5.96 Å². The molecule has 0 aliphatic rings. The second-order valence-electron chi connectivity index (χ2n) is 8.09. The molecular weight excluding hydrogens is 412 g/mol. The Labute approximate surface area is 197 Å². The Morgan fingerprint density at radius 3 is 2.64 bits per heavy atom. The molecule has 0 saturated heterocycles. The lowest BCUT2D eigenvalue weighted by molar-refractivity contribution is 0.180. The third kappa shape index (κ3) is 8.04. The van der Waals surface area contributed by atoms with E-state index in [1.165, 1.54) is 22.3 Å².